The molecule has 0 spiro atoms. The number of hydrogen-bond acceptors (Lipinski definition) is 3. The molecule has 0 radical (unpaired) electrons. The summed E-state index contributed by atoms with van der Waals surface area (Å²) in [5.74, 6) is 0.717. The van der Waals surface area contributed by atoms with E-state index in [1.54, 1.807) is 31.3 Å². The fourth-order valence-corrected chi connectivity index (χ4v) is 1.89. The third-order valence-electron chi connectivity index (χ3n) is 3.36. The molecule has 1 unspecified atom stereocenters. The summed E-state index contributed by atoms with van der Waals surface area (Å²) in [5.41, 5.74) is 7.09. The highest BCUT2D eigenvalue weighted by molar-refractivity contribution is 5.83. The van der Waals surface area contributed by atoms with Gasteiger partial charge in [0.15, 0.2) is 5.69 Å². The smallest absolute Gasteiger partial charge is 0.451 e. The number of hydrogen-bond donors (Lipinski definition) is 1. The Kier molecular flexibility index (Phi) is 4.57. The van der Waals surface area contributed by atoms with Gasteiger partial charge in [-0.15, -0.1) is 0 Å². The number of carbonyl (C=O) groups is 1. The standard InChI is InChI=1S/C16H18N2O3/c1-18(20-2,16(17)19)14-8-10-15(11-9-14)21-12-13-6-4-3-5-7-13/h3-11H,12H2,1-2H3,(H-,17,19)/p+1. The molecule has 0 saturated carbocycles. The van der Waals surface area contributed by atoms with Crippen LogP contribution in [0, 0.1) is 0 Å². The Morgan fingerprint density at radius 1 is 1.10 bits per heavy atom. The number of rotatable bonds is 5. The van der Waals surface area contributed by atoms with Crippen LogP contribution in [0.1, 0.15) is 5.56 Å². The van der Waals surface area contributed by atoms with Crippen LogP contribution in [0.3, 0.4) is 0 Å². The summed E-state index contributed by atoms with van der Waals surface area (Å²) in [7, 11) is 3.02. The number of quaternary nitrogens is 1. The second kappa shape index (κ2) is 6.39. The number of benzene rings is 2. The molecule has 0 aliphatic rings. The summed E-state index contributed by atoms with van der Waals surface area (Å²) in [6.07, 6.45) is 0. The quantitative estimate of drug-likeness (QED) is 0.679. The largest absolute Gasteiger partial charge is 0.489 e. The Morgan fingerprint density at radius 3 is 2.24 bits per heavy atom. The third-order valence-corrected chi connectivity index (χ3v) is 3.36. The van der Waals surface area contributed by atoms with Gasteiger partial charge in [-0.25, -0.2) is 4.79 Å². The zero-order valence-corrected chi connectivity index (χ0v) is 12.2. The molecule has 110 valence electrons. The van der Waals surface area contributed by atoms with E-state index < -0.39 is 10.7 Å². The molecular formula is C16H19N2O3+. The van der Waals surface area contributed by atoms with Gasteiger partial charge >= 0.3 is 6.03 Å². The Balaban J connectivity index is 2.07. The lowest BCUT2D eigenvalue weighted by Crippen LogP contribution is -2.52. The van der Waals surface area contributed by atoms with Gasteiger partial charge in [0, 0.05) is 12.1 Å². The van der Waals surface area contributed by atoms with Gasteiger partial charge in [-0.2, -0.15) is 4.84 Å². The highest BCUT2D eigenvalue weighted by Gasteiger charge is 2.33. The first-order chi connectivity index (χ1) is 10.1. The van der Waals surface area contributed by atoms with Crippen molar-refractivity contribution in [2.24, 2.45) is 5.73 Å². The van der Waals surface area contributed by atoms with Crippen molar-refractivity contribution in [1.82, 2.24) is 4.65 Å². The summed E-state index contributed by atoms with van der Waals surface area (Å²) in [6, 6.07) is 16.4. The van der Waals surface area contributed by atoms with Crippen molar-refractivity contribution in [3.63, 3.8) is 0 Å². The van der Waals surface area contributed by atoms with Crippen molar-refractivity contribution in [3.05, 3.63) is 60.2 Å². The molecule has 1 atom stereocenters. The molecule has 0 aliphatic heterocycles. The predicted octanol–water partition coefficient (Wildman–Crippen LogP) is 2.84. The van der Waals surface area contributed by atoms with Crippen molar-refractivity contribution >= 4 is 11.7 Å². The maximum absolute atomic E-state index is 11.5. The van der Waals surface area contributed by atoms with E-state index in [-0.39, 0.29) is 0 Å². The zero-order chi connectivity index (χ0) is 15.3. The maximum atomic E-state index is 11.5. The molecule has 2 aromatic carbocycles. The monoisotopic (exact) mass is 287 g/mol. The van der Waals surface area contributed by atoms with Crippen molar-refractivity contribution < 1.29 is 14.4 Å². The number of hydroxylamine groups is 2. The Hall–Kier alpha value is -2.37. The summed E-state index contributed by atoms with van der Waals surface area (Å²) in [4.78, 5) is 16.7. The Labute approximate surface area is 124 Å². The molecule has 0 heterocycles. The Bertz CT molecular complexity index is 599. The van der Waals surface area contributed by atoms with Crippen LogP contribution >= 0.6 is 0 Å². The van der Waals surface area contributed by atoms with Crippen LogP contribution in [-0.2, 0) is 11.4 Å². The molecule has 2 N–H and O–H groups in total. The normalized spacial score (nSPS) is 13.4. The molecule has 2 amide bonds. The molecule has 5 heteroatoms. The first-order valence-corrected chi connectivity index (χ1v) is 6.56. The molecule has 0 aromatic heterocycles. The van der Waals surface area contributed by atoms with Crippen molar-refractivity contribution in [2.75, 3.05) is 14.2 Å². The van der Waals surface area contributed by atoms with Gasteiger partial charge in [-0.05, 0) is 17.7 Å². The molecular weight excluding hydrogens is 268 g/mol. The highest BCUT2D eigenvalue weighted by Crippen LogP contribution is 2.24. The number of nitrogens with zero attached hydrogens (tertiary/aromatic N) is 1. The molecule has 21 heavy (non-hydrogen) atoms. The van der Waals surface area contributed by atoms with Crippen LogP contribution in [-0.4, -0.2) is 20.2 Å². The first-order valence-electron chi connectivity index (χ1n) is 6.56. The van der Waals surface area contributed by atoms with E-state index >= 15 is 0 Å². The van der Waals surface area contributed by atoms with E-state index in [9.17, 15) is 4.79 Å². The van der Waals surface area contributed by atoms with Gasteiger partial charge in [0.2, 0.25) is 0 Å². The highest BCUT2D eigenvalue weighted by atomic mass is 16.7. The van der Waals surface area contributed by atoms with Gasteiger partial charge < -0.3 is 10.5 Å². The second-order valence-electron chi connectivity index (χ2n) is 4.71. The minimum atomic E-state index is -0.588. The number of urea groups is 1. The van der Waals surface area contributed by atoms with Crippen LogP contribution in [0.5, 0.6) is 5.75 Å². The van der Waals surface area contributed by atoms with Crippen molar-refractivity contribution in [1.29, 1.82) is 0 Å². The lowest BCUT2D eigenvalue weighted by atomic mass is 10.2. The Morgan fingerprint density at radius 2 is 1.71 bits per heavy atom. The molecule has 0 aliphatic carbocycles. The average Bonchev–Trinajstić information content (AvgIpc) is 2.53. The molecule has 0 saturated heterocycles. The van der Waals surface area contributed by atoms with Crippen LogP contribution in [0.2, 0.25) is 0 Å². The first kappa shape index (κ1) is 15.0. The van der Waals surface area contributed by atoms with Gasteiger partial charge in [-0.3, -0.25) is 0 Å². The second-order valence-corrected chi connectivity index (χ2v) is 4.71. The molecule has 0 bridgehead atoms. The topological polar surface area (TPSA) is 61.5 Å². The fraction of sp³-hybridized carbons (Fsp3) is 0.188. The van der Waals surface area contributed by atoms with Crippen LogP contribution < -0.4 is 15.1 Å². The minimum absolute atomic E-state index is 0.418. The van der Waals surface area contributed by atoms with Gasteiger partial charge in [0.1, 0.15) is 19.4 Å². The third kappa shape index (κ3) is 3.39. The maximum Gasteiger partial charge on any atom is 0.451 e. The van der Waals surface area contributed by atoms with Crippen LogP contribution in [0.25, 0.3) is 0 Å². The van der Waals surface area contributed by atoms with E-state index in [0.29, 0.717) is 12.3 Å². The van der Waals surface area contributed by atoms with E-state index in [4.69, 9.17) is 15.3 Å². The van der Waals surface area contributed by atoms with Gasteiger partial charge in [-0.1, -0.05) is 35.0 Å². The summed E-state index contributed by atoms with van der Waals surface area (Å²) >= 11 is 0. The van der Waals surface area contributed by atoms with Crippen LogP contribution in [0.4, 0.5) is 10.5 Å². The van der Waals surface area contributed by atoms with Crippen molar-refractivity contribution in [2.45, 2.75) is 6.61 Å². The number of amides is 2. The van der Waals surface area contributed by atoms with E-state index in [1.165, 1.54) is 7.11 Å². The number of primary amides is 1. The average molecular weight is 287 g/mol. The van der Waals surface area contributed by atoms with E-state index in [1.807, 2.05) is 30.3 Å². The fourth-order valence-electron chi connectivity index (χ4n) is 1.89. The van der Waals surface area contributed by atoms with Gasteiger partial charge in [0.05, 0.1) is 7.11 Å². The summed E-state index contributed by atoms with van der Waals surface area (Å²) < 4.78 is 5.27. The minimum Gasteiger partial charge on any atom is -0.489 e. The molecule has 5 nitrogen and oxygen atoms in total. The number of carbonyl (C=O) groups excluding carboxylic acids is 1. The number of ether oxygens (including phenoxy) is 1. The molecule has 2 aromatic rings. The van der Waals surface area contributed by atoms with Crippen molar-refractivity contribution in [3.8, 4) is 5.75 Å². The predicted molar refractivity (Wildman–Crippen MR) is 81.5 cm³/mol. The lowest BCUT2D eigenvalue weighted by molar-refractivity contribution is -0.0537. The SMILES string of the molecule is CO[N+](C)(C(N)=O)c1ccc(OCc2ccccc2)cc1. The molecule has 0 fully saturated rings. The van der Waals surface area contributed by atoms with Gasteiger partial charge in [0.25, 0.3) is 0 Å². The van der Waals surface area contributed by atoms with Crippen LogP contribution in [0.15, 0.2) is 54.6 Å². The summed E-state index contributed by atoms with van der Waals surface area (Å²) in [5, 5.41) is 0. The number of nitrogens with two attached hydrogens (primary N) is 1. The lowest BCUT2D eigenvalue weighted by Gasteiger charge is -2.24. The van der Waals surface area contributed by atoms with E-state index in [2.05, 4.69) is 0 Å². The van der Waals surface area contributed by atoms with E-state index in [0.717, 1.165) is 11.3 Å². The zero-order valence-electron chi connectivity index (χ0n) is 12.2. The summed E-state index contributed by atoms with van der Waals surface area (Å²) in [6.45, 7) is 0.492. The molecule has 2 rings (SSSR count).